The van der Waals surface area contributed by atoms with Crippen molar-refractivity contribution in [2.24, 2.45) is 0 Å². The van der Waals surface area contributed by atoms with Crippen molar-refractivity contribution in [2.75, 3.05) is 16.3 Å². The molecule has 2 heteroatoms. The molecule has 3 aliphatic carbocycles. The molecule has 0 saturated carbocycles. The van der Waals surface area contributed by atoms with Gasteiger partial charge >= 0.3 is 0 Å². The maximum Gasteiger partial charge on any atom is 0.0714 e. The minimum Gasteiger partial charge on any atom is -0.341 e. The summed E-state index contributed by atoms with van der Waals surface area (Å²) in [7, 11) is 0. The number of fused-ring (bicyclic) bond motifs is 9. The predicted octanol–water partition coefficient (Wildman–Crippen LogP) is 18.8. The molecule has 10 aromatic rings. The molecule has 0 bridgehead atoms. The smallest absolute Gasteiger partial charge is 0.0714 e. The van der Waals surface area contributed by atoms with Crippen molar-refractivity contribution < 1.29 is 0 Å². The average molecular weight is 985 g/mol. The molecule has 0 aromatic heterocycles. The van der Waals surface area contributed by atoms with Crippen LogP contribution in [0.3, 0.4) is 0 Å². The Kier molecular flexibility index (Phi) is 10.7. The Hall–Kier alpha value is -9.24. The van der Waals surface area contributed by atoms with E-state index < -0.39 is 10.8 Å². The fourth-order valence-electron chi connectivity index (χ4n) is 14.0. The standard InChI is InChI=1S/C75H56N2/c1-5-24-57(25-6-1)74(58-26-7-2-8-27-58)67-48-52(37-43-63(67)65-45-41-61(50-69(65)74)76-47-19-23-54-20-13-16-32-71(54)76)35-36-53-38-44-64-66-46-42-62(77-72-33-17-14-21-55(72)39-40-56-22-15-18-34-73(56)77)51-70(66)75(68(64)49-53,59-28-9-3-10-29-59)60-30-11-4-12-31-60/h1-7,9-18,20-22,24-26,28-46,48-51H,8,19,23,27,47H2/b36-35+. The predicted molar refractivity (Wildman–Crippen MR) is 323 cm³/mol. The van der Waals surface area contributed by atoms with Crippen LogP contribution in [0.4, 0.5) is 28.4 Å². The Labute approximate surface area is 452 Å². The van der Waals surface area contributed by atoms with Crippen LogP contribution in [0.15, 0.2) is 260 Å². The van der Waals surface area contributed by atoms with Gasteiger partial charge in [-0.1, -0.05) is 230 Å². The van der Waals surface area contributed by atoms with Gasteiger partial charge in [0.2, 0.25) is 0 Å². The number of nitrogens with zero attached hydrogens (tertiary/aromatic N) is 2. The summed E-state index contributed by atoms with van der Waals surface area (Å²) in [6.45, 7) is 1.01. The highest BCUT2D eigenvalue weighted by molar-refractivity contribution is 5.96. The third-order valence-electron chi connectivity index (χ3n) is 17.4. The molecule has 2 aliphatic heterocycles. The van der Waals surface area contributed by atoms with E-state index in [4.69, 9.17) is 0 Å². The Morgan fingerprint density at radius 2 is 0.857 bits per heavy atom. The topological polar surface area (TPSA) is 6.48 Å². The van der Waals surface area contributed by atoms with E-state index in [2.05, 4.69) is 289 Å². The van der Waals surface area contributed by atoms with Crippen molar-refractivity contribution in [1.29, 1.82) is 0 Å². The molecule has 5 aliphatic rings. The Morgan fingerprint density at radius 3 is 1.44 bits per heavy atom. The number of aryl methyl sites for hydroxylation is 1. The van der Waals surface area contributed by atoms with Crippen LogP contribution in [0, 0.1) is 0 Å². The van der Waals surface area contributed by atoms with Gasteiger partial charge in [0.15, 0.2) is 0 Å². The minimum atomic E-state index is -0.595. The van der Waals surface area contributed by atoms with Crippen LogP contribution >= 0.6 is 0 Å². The highest BCUT2D eigenvalue weighted by Crippen LogP contribution is 2.60. The Morgan fingerprint density at radius 1 is 0.390 bits per heavy atom. The van der Waals surface area contributed by atoms with Crippen molar-refractivity contribution in [2.45, 2.75) is 36.5 Å². The first-order valence-electron chi connectivity index (χ1n) is 27.5. The van der Waals surface area contributed by atoms with E-state index in [1.807, 2.05) is 0 Å². The number of allylic oxidation sites excluding steroid dienone is 4. The molecule has 2 nitrogen and oxygen atoms in total. The van der Waals surface area contributed by atoms with Gasteiger partial charge in [0.05, 0.1) is 22.2 Å². The van der Waals surface area contributed by atoms with Gasteiger partial charge < -0.3 is 9.80 Å². The first kappa shape index (κ1) is 45.2. The summed E-state index contributed by atoms with van der Waals surface area (Å²) in [5.74, 6) is 0. The van der Waals surface area contributed by atoms with Gasteiger partial charge in [-0.05, 0) is 169 Å². The lowest BCUT2D eigenvalue weighted by Crippen LogP contribution is -2.31. The molecule has 0 N–H and O–H groups in total. The highest BCUT2D eigenvalue weighted by atomic mass is 15.2. The van der Waals surface area contributed by atoms with Gasteiger partial charge in [-0.15, -0.1) is 0 Å². The highest BCUT2D eigenvalue weighted by Gasteiger charge is 2.49. The second-order valence-electron chi connectivity index (χ2n) is 21.3. The van der Waals surface area contributed by atoms with Gasteiger partial charge in [0.1, 0.15) is 0 Å². The fourth-order valence-corrected chi connectivity index (χ4v) is 14.0. The summed E-state index contributed by atoms with van der Waals surface area (Å²) in [5, 5.41) is 0. The summed E-state index contributed by atoms with van der Waals surface area (Å²) in [4.78, 5) is 5.02. The minimum absolute atomic E-state index is 0.455. The SMILES string of the molecule is C1=CCCC(C2(c3ccccc3)c3cc(/C=C/c4ccc5c(c4)C(c4ccccc4)(c4ccccc4)c4cc(N6c7ccccc7C=Cc7ccccc76)ccc4-5)ccc3-c3ccc(N4CCCc5ccccc54)cc32)=C1. The van der Waals surface area contributed by atoms with E-state index in [1.165, 1.54) is 117 Å². The molecular formula is C75H56N2. The molecule has 77 heavy (non-hydrogen) atoms. The average Bonchev–Trinajstić information content (AvgIpc) is 4.14. The van der Waals surface area contributed by atoms with E-state index in [-0.39, 0.29) is 0 Å². The summed E-state index contributed by atoms with van der Waals surface area (Å²) in [6.07, 6.45) is 20.5. The number of para-hydroxylation sites is 3. The molecule has 0 radical (unpaired) electrons. The lowest BCUT2D eigenvalue weighted by atomic mass is 9.65. The van der Waals surface area contributed by atoms with Crippen LogP contribution in [0.5, 0.6) is 0 Å². The molecule has 0 fully saturated rings. The lowest BCUT2D eigenvalue weighted by Gasteiger charge is -2.38. The largest absolute Gasteiger partial charge is 0.341 e. The normalized spacial score (nSPS) is 17.1. The number of benzene rings is 10. The molecule has 0 saturated heterocycles. The van der Waals surface area contributed by atoms with Crippen molar-refractivity contribution in [1.82, 2.24) is 0 Å². The molecule has 10 aromatic carbocycles. The summed E-state index contributed by atoms with van der Waals surface area (Å²) in [5.41, 5.74) is 26.9. The van der Waals surface area contributed by atoms with Crippen LogP contribution in [0.1, 0.15) is 86.0 Å². The number of hydrogen-bond donors (Lipinski definition) is 0. The third kappa shape index (κ3) is 7.02. The summed E-state index contributed by atoms with van der Waals surface area (Å²) < 4.78 is 0. The quantitative estimate of drug-likeness (QED) is 0.140. The molecule has 1 atom stereocenters. The molecule has 15 rings (SSSR count). The molecule has 0 spiro atoms. The van der Waals surface area contributed by atoms with E-state index in [0.717, 1.165) is 37.9 Å². The van der Waals surface area contributed by atoms with Gasteiger partial charge in [-0.3, -0.25) is 0 Å². The second kappa shape index (κ2) is 18.3. The molecule has 366 valence electrons. The van der Waals surface area contributed by atoms with Gasteiger partial charge in [0.25, 0.3) is 0 Å². The maximum absolute atomic E-state index is 2.56. The number of hydrogen-bond acceptors (Lipinski definition) is 2. The number of rotatable bonds is 8. The maximum atomic E-state index is 2.56. The lowest BCUT2D eigenvalue weighted by molar-refractivity contribution is 0.691. The van der Waals surface area contributed by atoms with Crippen LogP contribution < -0.4 is 9.80 Å². The van der Waals surface area contributed by atoms with Crippen molar-refractivity contribution in [3.63, 3.8) is 0 Å². The first-order valence-corrected chi connectivity index (χ1v) is 27.5. The Balaban J connectivity index is 0.878. The van der Waals surface area contributed by atoms with Crippen LogP contribution in [-0.2, 0) is 17.3 Å². The van der Waals surface area contributed by atoms with Crippen molar-refractivity contribution in [3.8, 4) is 22.3 Å². The van der Waals surface area contributed by atoms with Gasteiger partial charge in [-0.2, -0.15) is 0 Å². The van der Waals surface area contributed by atoms with Crippen LogP contribution in [-0.4, -0.2) is 6.54 Å². The van der Waals surface area contributed by atoms with E-state index in [9.17, 15) is 0 Å². The summed E-state index contributed by atoms with van der Waals surface area (Å²) in [6, 6.07) is 89.2. The molecule has 2 heterocycles. The van der Waals surface area contributed by atoms with E-state index in [1.54, 1.807) is 0 Å². The van der Waals surface area contributed by atoms with Crippen LogP contribution in [0.25, 0.3) is 46.6 Å². The van der Waals surface area contributed by atoms with E-state index in [0.29, 0.717) is 0 Å². The molecule has 0 amide bonds. The third-order valence-corrected chi connectivity index (χ3v) is 17.4. The zero-order valence-corrected chi connectivity index (χ0v) is 43.0. The van der Waals surface area contributed by atoms with Crippen molar-refractivity contribution in [3.05, 3.63) is 327 Å². The van der Waals surface area contributed by atoms with Crippen molar-refractivity contribution >= 4 is 52.7 Å². The van der Waals surface area contributed by atoms with E-state index >= 15 is 0 Å². The molecular weight excluding hydrogens is 929 g/mol. The Bertz CT molecular complexity index is 3990. The molecule has 1 unspecified atom stereocenters. The fraction of sp³-hybridized carbons (Fsp3) is 0.0933. The second-order valence-corrected chi connectivity index (χ2v) is 21.3. The monoisotopic (exact) mass is 984 g/mol. The zero-order chi connectivity index (χ0) is 50.9. The number of anilines is 5. The van der Waals surface area contributed by atoms with Gasteiger partial charge in [0, 0.05) is 23.6 Å². The van der Waals surface area contributed by atoms with Gasteiger partial charge in [-0.25, -0.2) is 0 Å². The van der Waals surface area contributed by atoms with Crippen LogP contribution in [0.2, 0.25) is 0 Å². The summed E-state index contributed by atoms with van der Waals surface area (Å²) >= 11 is 0. The zero-order valence-electron chi connectivity index (χ0n) is 43.0. The first-order chi connectivity index (χ1) is 38.2.